The van der Waals surface area contributed by atoms with Crippen LogP contribution in [0, 0.1) is 0 Å². The van der Waals surface area contributed by atoms with E-state index >= 15 is 0 Å². The third kappa shape index (κ3) is 2.71. The molecule has 0 radical (unpaired) electrons. The summed E-state index contributed by atoms with van der Waals surface area (Å²) in [6, 6.07) is 0. The Hall–Kier alpha value is -0.980. The molecule has 1 aromatic rings. The molecular weight excluding hydrogens is 230 g/mol. The van der Waals surface area contributed by atoms with Crippen molar-refractivity contribution in [1.29, 1.82) is 0 Å². The van der Waals surface area contributed by atoms with Crippen LogP contribution in [0.5, 0.6) is 0 Å². The molecule has 0 saturated carbocycles. The van der Waals surface area contributed by atoms with Gasteiger partial charge in [-0.05, 0) is 19.8 Å². The summed E-state index contributed by atoms with van der Waals surface area (Å²) in [7, 11) is 1.76. The number of aromatic nitrogens is 3. The molecule has 1 aromatic heterocycles. The second-order valence-corrected chi connectivity index (χ2v) is 4.86. The van der Waals surface area contributed by atoms with Crippen LogP contribution in [0.2, 0.25) is 0 Å². The number of hydrogen-bond acceptors (Lipinski definition) is 5. The topological polar surface area (TPSA) is 69.2 Å². The van der Waals surface area contributed by atoms with Crippen LogP contribution in [-0.4, -0.2) is 52.0 Å². The number of aryl methyl sites for hydroxylation is 1. The van der Waals surface area contributed by atoms with Gasteiger partial charge in [-0.1, -0.05) is 0 Å². The molecule has 0 aliphatic carbocycles. The number of methoxy groups -OCH3 is 1. The van der Waals surface area contributed by atoms with E-state index in [1.165, 1.54) is 0 Å². The number of nitrogens with zero attached hydrogens (tertiary/aromatic N) is 4. The van der Waals surface area contributed by atoms with Crippen LogP contribution < -0.4 is 5.73 Å². The van der Waals surface area contributed by atoms with Crippen molar-refractivity contribution in [2.24, 2.45) is 5.73 Å². The minimum absolute atomic E-state index is 0.116. The fourth-order valence-electron chi connectivity index (χ4n) is 2.48. The lowest BCUT2D eigenvalue weighted by Gasteiger charge is -2.39. The van der Waals surface area contributed by atoms with Crippen molar-refractivity contribution < 1.29 is 4.74 Å². The lowest BCUT2D eigenvalue weighted by molar-refractivity contribution is -0.0516. The zero-order chi connectivity index (χ0) is 13.0. The minimum Gasteiger partial charge on any atom is -0.377 e. The van der Waals surface area contributed by atoms with Crippen molar-refractivity contribution in [1.82, 2.24) is 19.7 Å². The molecule has 0 amide bonds. The maximum absolute atomic E-state index is 5.81. The summed E-state index contributed by atoms with van der Waals surface area (Å²) < 4.78 is 7.52. The lowest BCUT2D eigenvalue weighted by atomic mass is 9.91. The first-order valence-electron chi connectivity index (χ1n) is 6.57. The normalized spacial score (nSPS) is 20.2. The highest BCUT2D eigenvalue weighted by Crippen LogP contribution is 2.25. The molecule has 1 saturated heterocycles. The largest absolute Gasteiger partial charge is 0.377 e. The van der Waals surface area contributed by atoms with Crippen molar-refractivity contribution in [3.05, 3.63) is 12.2 Å². The summed E-state index contributed by atoms with van der Waals surface area (Å²) in [5.74, 6) is 1.04. The van der Waals surface area contributed by atoms with Gasteiger partial charge in [-0.2, -0.15) is 5.10 Å². The molecule has 1 fully saturated rings. The van der Waals surface area contributed by atoms with Crippen LogP contribution >= 0.6 is 0 Å². The third-order valence-corrected chi connectivity index (χ3v) is 3.93. The summed E-state index contributed by atoms with van der Waals surface area (Å²) in [6.45, 7) is 6.41. The van der Waals surface area contributed by atoms with Gasteiger partial charge in [-0.3, -0.25) is 4.90 Å². The lowest BCUT2D eigenvalue weighted by Crippen LogP contribution is -2.49. The molecule has 2 heterocycles. The van der Waals surface area contributed by atoms with Crippen LogP contribution in [0.25, 0.3) is 0 Å². The van der Waals surface area contributed by atoms with Gasteiger partial charge in [0.25, 0.3) is 0 Å². The van der Waals surface area contributed by atoms with Crippen molar-refractivity contribution in [3.63, 3.8) is 0 Å². The van der Waals surface area contributed by atoms with Gasteiger partial charge in [-0.25, -0.2) is 9.67 Å². The van der Waals surface area contributed by atoms with Gasteiger partial charge in [0, 0.05) is 33.3 Å². The van der Waals surface area contributed by atoms with E-state index in [2.05, 4.69) is 21.9 Å². The molecule has 18 heavy (non-hydrogen) atoms. The SMILES string of the molecule is CCn1ncnc1CN1CCC(CN)(OC)CC1. The molecule has 0 aromatic carbocycles. The number of hydrogen-bond donors (Lipinski definition) is 1. The van der Waals surface area contributed by atoms with Crippen LogP contribution in [0.3, 0.4) is 0 Å². The van der Waals surface area contributed by atoms with E-state index in [0.29, 0.717) is 6.54 Å². The molecule has 2 rings (SSSR count). The summed E-state index contributed by atoms with van der Waals surface area (Å²) in [5.41, 5.74) is 5.69. The second kappa shape index (κ2) is 5.77. The van der Waals surface area contributed by atoms with E-state index in [0.717, 1.165) is 44.8 Å². The fraction of sp³-hybridized carbons (Fsp3) is 0.833. The first-order chi connectivity index (χ1) is 8.73. The number of nitrogens with two attached hydrogens (primary N) is 1. The Labute approximate surface area is 108 Å². The van der Waals surface area contributed by atoms with Gasteiger partial charge in [0.2, 0.25) is 0 Å². The van der Waals surface area contributed by atoms with Crippen LogP contribution in [0.1, 0.15) is 25.6 Å². The van der Waals surface area contributed by atoms with E-state index in [1.54, 1.807) is 13.4 Å². The predicted octanol–water partition coefficient (Wildman–Crippen LogP) is 0.238. The van der Waals surface area contributed by atoms with Crippen molar-refractivity contribution in [2.75, 3.05) is 26.7 Å². The average molecular weight is 253 g/mol. The summed E-state index contributed by atoms with van der Waals surface area (Å²) >= 11 is 0. The molecular formula is C12H23N5O. The Morgan fingerprint density at radius 1 is 1.44 bits per heavy atom. The standard InChI is InChI=1S/C12H23N5O/c1-3-17-11(14-10-15-17)8-16-6-4-12(9-13,18-2)5-7-16/h10H,3-9,13H2,1-2H3. The van der Waals surface area contributed by atoms with E-state index in [4.69, 9.17) is 10.5 Å². The third-order valence-electron chi connectivity index (χ3n) is 3.93. The van der Waals surface area contributed by atoms with Gasteiger partial charge in [0.15, 0.2) is 0 Å². The number of ether oxygens (including phenoxy) is 1. The van der Waals surface area contributed by atoms with Crippen LogP contribution in [-0.2, 0) is 17.8 Å². The van der Waals surface area contributed by atoms with E-state index in [9.17, 15) is 0 Å². The highest BCUT2D eigenvalue weighted by molar-refractivity contribution is 4.91. The molecule has 0 unspecified atom stereocenters. The average Bonchev–Trinajstić information content (AvgIpc) is 2.87. The number of piperidine rings is 1. The predicted molar refractivity (Wildman–Crippen MR) is 69.0 cm³/mol. The molecule has 1 aliphatic heterocycles. The first-order valence-corrected chi connectivity index (χ1v) is 6.57. The Balaban J connectivity index is 1.91. The first kappa shape index (κ1) is 13.5. The molecule has 2 N–H and O–H groups in total. The Morgan fingerprint density at radius 2 is 2.17 bits per heavy atom. The van der Waals surface area contributed by atoms with Crippen molar-refractivity contribution in [3.8, 4) is 0 Å². The Kier molecular flexibility index (Phi) is 4.31. The van der Waals surface area contributed by atoms with Gasteiger partial charge in [-0.15, -0.1) is 0 Å². The summed E-state index contributed by atoms with van der Waals surface area (Å²) in [5, 5.41) is 4.20. The van der Waals surface area contributed by atoms with Crippen molar-refractivity contribution in [2.45, 2.75) is 38.5 Å². The Morgan fingerprint density at radius 3 is 2.72 bits per heavy atom. The van der Waals surface area contributed by atoms with Gasteiger partial charge in [0.05, 0.1) is 12.1 Å². The maximum atomic E-state index is 5.81. The monoisotopic (exact) mass is 253 g/mol. The van der Waals surface area contributed by atoms with E-state index in [-0.39, 0.29) is 5.60 Å². The van der Waals surface area contributed by atoms with Gasteiger partial charge < -0.3 is 10.5 Å². The smallest absolute Gasteiger partial charge is 0.140 e. The van der Waals surface area contributed by atoms with Crippen LogP contribution in [0.4, 0.5) is 0 Å². The Bertz CT molecular complexity index is 364. The maximum Gasteiger partial charge on any atom is 0.140 e. The molecule has 6 nitrogen and oxygen atoms in total. The number of rotatable bonds is 5. The molecule has 0 bridgehead atoms. The van der Waals surface area contributed by atoms with Gasteiger partial charge in [0.1, 0.15) is 12.2 Å². The van der Waals surface area contributed by atoms with E-state index < -0.39 is 0 Å². The number of likely N-dealkylation sites (tertiary alicyclic amines) is 1. The molecule has 102 valence electrons. The summed E-state index contributed by atoms with van der Waals surface area (Å²) in [6.07, 6.45) is 3.60. The highest BCUT2D eigenvalue weighted by Gasteiger charge is 2.33. The second-order valence-electron chi connectivity index (χ2n) is 4.86. The molecule has 0 atom stereocenters. The summed E-state index contributed by atoms with van der Waals surface area (Å²) in [4.78, 5) is 6.70. The molecule has 1 aliphatic rings. The van der Waals surface area contributed by atoms with Crippen molar-refractivity contribution >= 4 is 0 Å². The van der Waals surface area contributed by atoms with Gasteiger partial charge >= 0.3 is 0 Å². The van der Waals surface area contributed by atoms with Crippen LogP contribution in [0.15, 0.2) is 6.33 Å². The zero-order valence-corrected chi connectivity index (χ0v) is 11.3. The highest BCUT2D eigenvalue weighted by atomic mass is 16.5. The molecule has 0 spiro atoms. The fourth-order valence-corrected chi connectivity index (χ4v) is 2.48. The quantitative estimate of drug-likeness (QED) is 0.814. The minimum atomic E-state index is -0.116. The van der Waals surface area contributed by atoms with E-state index in [1.807, 2.05) is 4.68 Å². The zero-order valence-electron chi connectivity index (χ0n) is 11.3. The molecule has 6 heteroatoms.